The van der Waals surface area contributed by atoms with Crippen LogP contribution in [0.5, 0.6) is 0 Å². The second-order valence-corrected chi connectivity index (χ2v) is 24.5. The molecule has 1 amide bonds. The number of carbonyl (C=O) groups excluding carboxylic acids is 2. The summed E-state index contributed by atoms with van der Waals surface area (Å²) < 4.78 is 16.1. The predicted molar refractivity (Wildman–Crippen MR) is 295 cm³/mol. The van der Waals surface area contributed by atoms with Crippen LogP contribution in [0.25, 0.3) is 33.4 Å². The Balaban J connectivity index is 0.937. The standard InChI is InChI=1S/C65H83N3O4/c1-12-67(13-2)44-25-27-49-52(39-44)71-53-40-45(68(14-3)15-4)26-28-50(53)57(49)47-23-19-20-24-48(47)59(69)72-56-33-34-62(9)54(61(56,7)8)32-35-64(11)55(62)30-29-51-58-46(42(5)6)31-36-65(58,38-37-63(51,64)10)60(70)66-41-43-21-17-16-18-22-43/h16-28,39-40,46,51,54-56,58H,5,12-15,29-38,41H2,1-4,6-11H3/p+1/t46-,51+,54-,55+,56-,58-,62-,63+,64+,65-/m0/s1. The van der Waals surface area contributed by atoms with Crippen LogP contribution in [0, 0.1) is 56.7 Å². The van der Waals surface area contributed by atoms with Gasteiger partial charge in [0.25, 0.3) is 0 Å². The Morgan fingerprint density at radius 2 is 1.49 bits per heavy atom. The van der Waals surface area contributed by atoms with E-state index >= 15 is 4.79 Å². The molecule has 0 bridgehead atoms. The van der Waals surface area contributed by atoms with Crippen molar-refractivity contribution in [2.75, 3.05) is 31.1 Å². The molecule has 3 aromatic carbocycles. The Labute approximate surface area is 431 Å². The fraction of sp³-hybridized carbons (Fsp3) is 0.554. The van der Waals surface area contributed by atoms with Gasteiger partial charge in [0.15, 0.2) is 0 Å². The number of nitrogens with one attached hydrogen (secondary N) is 1. The molecule has 7 nitrogen and oxygen atoms in total. The molecule has 10 rings (SSSR count). The molecule has 72 heavy (non-hydrogen) atoms. The molecule has 5 saturated carbocycles. The number of ether oxygens (including phenoxy) is 1. The van der Waals surface area contributed by atoms with Gasteiger partial charge >= 0.3 is 5.97 Å². The van der Waals surface area contributed by atoms with Crippen molar-refractivity contribution in [3.63, 3.8) is 0 Å². The van der Waals surface area contributed by atoms with Gasteiger partial charge in [-0.2, -0.15) is 0 Å². The van der Waals surface area contributed by atoms with Crippen molar-refractivity contribution in [1.82, 2.24) is 9.89 Å². The van der Waals surface area contributed by atoms with Crippen LogP contribution >= 0.6 is 0 Å². The molecule has 0 aromatic heterocycles. The normalized spacial score (nSPS) is 31.4. The minimum Gasteiger partial charge on any atom is -0.458 e. The van der Waals surface area contributed by atoms with Gasteiger partial charge in [0.05, 0.1) is 17.0 Å². The van der Waals surface area contributed by atoms with E-state index in [0.717, 1.165) is 121 Å². The lowest BCUT2D eigenvalue weighted by Gasteiger charge is -2.72. The van der Waals surface area contributed by atoms with Crippen molar-refractivity contribution in [2.24, 2.45) is 56.7 Å². The number of allylic oxidation sites excluding steroid dienone is 1. The fourth-order valence-electron chi connectivity index (χ4n) is 17.5. The van der Waals surface area contributed by atoms with Crippen molar-refractivity contribution in [3.05, 3.63) is 120 Å². The number of anilines is 1. The predicted octanol–water partition coefficient (Wildman–Crippen LogP) is 14.4. The van der Waals surface area contributed by atoms with E-state index in [1.165, 1.54) is 24.8 Å². The number of benzene rings is 4. The van der Waals surface area contributed by atoms with E-state index in [9.17, 15) is 4.79 Å². The van der Waals surface area contributed by atoms with Gasteiger partial charge in [-0.25, -0.2) is 9.37 Å². The monoisotopic (exact) mass is 971 g/mol. The Kier molecular flexibility index (Phi) is 13.3. The van der Waals surface area contributed by atoms with Crippen molar-refractivity contribution < 1.29 is 18.7 Å². The van der Waals surface area contributed by atoms with Gasteiger partial charge in [-0.3, -0.25) is 4.79 Å². The van der Waals surface area contributed by atoms with Gasteiger partial charge in [-0.05, 0) is 180 Å². The summed E-state index contributed by atoms with van der Waals surface area (Å²) >= 11 is 0. The zero-order valence-corrected chi connectivity index (χ0v) is 45.5. The average molecular weight is 971 g/mol. The Bertz CT molecular complexity index is 2910. The molecule has 0 unspecified atom stereocenters. The number of nitrogens with zero attached hydrogens (tertiary/aromatic N) is 2. The molecule has 7 heteroatoms. The average Bonchev–Trinajstić information content (AvgIpc) is 3.78. The number of rotatable bonds is 12. The largest absolute Gasteiger partial charge is 0.458 e. The van der Waals surface area contributed by atoms with Crippen LogP contribution in [0.1, 0.15) is 149 Å². The molecule has 3 aromatic rings. The zero-order chi connectivity index (χ0) is 51.0. The highest BCUT2D eigenvalue weighted by Gasteiger charge is 2.72. The molecular weight excluding hydrogens is 887 g/mol. The van der Waals surface area contributed by atoms with E-state index in [2.05, 4.69) is 157 Å². The highest BCUT2D eigenvalue weighted by Crippen LogP contribution is 2.77. The molecule has 7 aliphatic rings. The lowest BCUT2D eigenvalue weighted by Crippen LogP contribution is -2.67. The maximum absolute atomic E-state index is 15.1. The summed E-state index contributed by atoms with van der Waals surface area (Å²) in [6.07, 6.45) is 10.4. The number of carbonyl (C=O) groups is 2. The Morgan fingerprint density at radius 1 is 0.750 bits per heavy atom. The van der Waals surface area contributed by atoms with E-state index < -0.39 is 0 Å². The van der Waals surface area contributed by atoms with Crippen molar-refractivity contribution in [2.45, 2.75) is 146 Å². The summed E-state index contributed by atoms with van der Waals surface area (Å²) in [7, 11) is 0. The van der Waals surface area contributed by atoms with Crippen LogP contribution in [-0.2, 0) is 16.1 Å². The Morgan fingerprint density at radius 3 is 2.21 bits per heavy atom. The van der Waals surface area contributed by atoms with E-state index in [-0.39, 0.29) is 45.1 Å². The number of hydrogen-bond acceptors (Lipinski definition) is 5. The number of amides is 1. The topological polar surface area (TPSA) is 74.8 Å². The summed E-state index contributed by atoms with van der Waals surface area (Å²) in [5.74, 6) is 2.97. The van der Waals surface area contributed by atoms with Crippen LogP contribution in [0.3, 0.4) is 0 Å². The fourth-order valence-corrected chi connectivity index (χ4v) is 17.5. The maximum Gasteiger partial charge on any atom is 0.339 e. The van der Waals surface area contributed by atoms with Gasteiger partial charge < -0.3 is 19.4 Å². The Hall–Kier alpha value is -5.17. The van der Waals surface area contributed by atoms with Gasteiger partial charge in [0.2, 0.25) is 11.3 Å². The van der Waals surface area contributed by atoms with Crippen molar-refractivity contribution in [3.8, 4) is 22.5 Å². The molecular formula is C65H84N3O4+. The molecule has 0 saturated heterocycles. The number of esters is 1. The molecule has 0 spiro atoms. The van der Waals surface area contributed by atoms with E-state index in [1.54, 1.807) is 0 Å². The summed E-state index contributed by atoms with van der Waals surface area (Å²) in [6.45, 7) is 32.5. The quantitative estimate of drug-likeness (QED) is 0.0583. The third-order valence-electron chi connectivity index (χ3n) is 21.4. The number of fused-ring (bicyclic) bond motifs is 9. The minimum absolute atomic E-state index is 0.107. The highest BCUT2D eigenvalue weighted by molar-refractivity contribution is 6.08. The van der Waals surface area contributed by atoms with Crippen molar-refractivity contribution >= 4 is 28.5 Å². The van der Waals surface area contributed by atoms with Gasteiger partial charge in [0, 0.05) is 59.4 Å². The summed E-state index contributed by atoms with van der Waals surface area (Å²) in [5, 5.41) is 5.58. The van der Waals surface area contributed by atoms with Crippen LogP contribution in [-0.4, -0.2) is 44.2 Å². The molecule has 5 fully saturated rings. The summed E-state index contributed by atoms with van der Waals surface area (Å²) in [4.78, 5) is 32.1. The van der Waals surface area contributed by atoms with Crippen LogP contribution < -0.4 is 20.1 Å². The van der Waals surface area contributed by atoms with E-state index in [4.69, 9.17) is 9.15 Å². The zero-order valence-electron chi connectivity index (χ0n) is 45.5. The molecule has 1 heterocycles. The van der Waals surface area contributed by atoms with E-state index in [1.807, 2.05) is 24.3 Å². The van der Waals surface area contributed by atoms with E-state index in [0.29, 0.717) is 41.7 Å². The first kappa shape index (κ1) is 50.4. The molecule has 0 radical (unpaired) electrons. The SMILES string of the molecule is C=C(C)[C@@H]1CC[C@]2(C(=O)NCc3ccccc3)CC[C@]3(C)[C@H](CC[C@@H]4[C@@]5(C)CC[C@H](OC(=O)c6ccccc6-c6c7ccc(=[N+](CC)CC)cc-7oc7cc(N(CC)CC)ccc67)C(C)(C)[C@@H]5CC[C@]43C)[C@H]12. The van der Waals surface area contributed by atoms with Crippen LogP contribution in [0.2, 0.25) is 0 Å². The highest BCUT2D eigenvalue weighted by atomic mass is 16.5. The molecule has 382 valence electrons. The van der Waals surface area contributed by atoms with Gasteiger partial charge in [-0.15, -0.1) is 0 Å². The van der Waals surface area contributed by atoms with Gasteiger partial charge in [-0.1, -0.05) is 95.3 Å². The van der Waals surface area contributed by atoms with Gasteiger partial charge in [0.1, 0.15) is 30.5 Å². The second-order valence-electron chi connectivity index (χ2n) is 24.5. The first-order valence-corrected chi connectivity index (χ1v) is 28.1. The first-order chi connectivity index (χ1) is 34.5. The lowest BCUT2D eigenvalue weighted by atomic mass is 9.32. The third kappa shape index (κ3) is 7.82. The number of hydrogen-bond donors (Lipinski definition) is 1. The smallest absolute Gasteiger partial charge is 0.339 e. The minimum atomic E-state index is -0.338. The molecule has 1 N–H and O–H groups in total. The molecule has 6 aliphatic carbocycles. The lowest BCUT2D eigenvalue weighted by molar-refractivity contribution is -0.246. The summed E-state index contributed by atoms with van der Waals surface area (Å²) in [6, 6.07) is 31.6. The van der Waals surface area contributed by atoms with Crippen LogP contribution in [0.15, 0.2) is 108 Å². The molecule has 1 aliphatic heterocycles. The van der Waals surface area contributed by atoms with Crippen LogP contribution in [0.4, 0.5) is 5.69 Å². The summed E-state index contributed by atoms with van der Waals surface area (Å²) in [5.41, 5.74) is 7.60. The first-order valence-electron chi connectivity index (χ1n) is 28.1. The second kappa shape index (κ2) is 19.0. The van der Waals surface area contributed by atoms with Crippen molar-refractivity contribution in [1.29, 1.82) is 0 Å². The maximum atomic E-state index is 15.1. The third-order valence-corrected chi connectivity index (χ3v) is 21.4. The molecule has 10 atom stereocenters.